The van der Waals surface area contributed by atoms with Crippen molar-refractivity contribution in [1.29, 1.82) is 0 Å². The van der Waals surface area contributed by atoms with Crippen LogP contribution in [0.25, 0.3) is 0 Å². The van der Waals surface area contributed by atoms with Gasteiger partial charge in [-0.25, -0.2) is 0 Å². The van der Waals surface area contributed by atoms with E-state index in [0.29, 0.717) is 12.3 Å². The van der Waals surface area contributed by atoms with Gasteiger partial charge in [-0.1, -0.05) is 43.0 Å². The van der Waals surface area contributed by atoms with Crippen LogP contribution in [0.1, 0.15) is 26.2 Å². The molecule has 0 fully saturated rings. The second-order valence-electron chi connectivity index (χ2n) is 4.80. The highest BCUT2D eigenvalue weighted by atomic mass is 127. The predicted octanol–water partition coefficient (Wildman–Crippen LogP) is 4.78. The van der Waals surface area contributed by atoms with Crippen molar-refractivity contribution in [2.75, 3.05) is 20.7 Å². The van der Waals surface area contributed by atoms with E-state index in [1.807, 2.05) is 12.2 Å². The van der Waals surface area contributed by atoms with Gasteiger partial charge in [0, 0.05) is 19.7 Å². The summed E-state index contributed by atoms with van der Waals surface area (Å²) in [5.74, 6) is 0.566. The van der Waals surface area contributed by atoms with Crippen LogP contribution in [0.3, 0.4) is 0 Å². The Bertz CT molecular complexity index is 462. The van der Waals surface area contributed by atoms with Gasteiger partial charge in [-0.2, -0.15) is 0 Å². The van der Waals surface area contributed by atoms with E-state index in [2.05, 4.69) is 53.5 Å². The molecule has 0 heterocycles. The number of hydrogen-bond donors (Lipinski definition) is 0. The van der Waals surface area contributed by atoms with Gasteiger partial charge in [-0.3, -0.25) is 4.79 Å². The highest BCUT2D eigenvalue weighted by Crippen LogP contribution is 2.07. The first-order valence-electron chi connectivity index (χ1n) is 7.24. The maximum absolute atomic E-state index is 11.7. The number of allylic oxidation sites excluding steroid dienone is 7. The van der Waals surface area contributed by atoms with E-state index in [-0.39, 0.29) is 5.91 Å². The molecule has 0 aromatic heterocycles. The fraction of sp³-hybridized carbons (Fsp3) is 0.389. The van der Waals surface area contributed by atoms with Crippen molar-refractivity contribution in [2.45, 2.75) is 26.2 Å². The molecular formula is C18H26INO2. The molecule has 22 heavy (non-hydrogen) atoms. The van der Waals surface area contributed by atoms with Gasteiger partial charge in [-0.15, -0.1) is 0 Å². The maximum atomic E-state index is 11.7. The Kier molecular flexibility index (Phi) is 12.6. The van der Waals surface area contributed by atoms with Crippen LogP contribution in [-0.4, -0.2) is 31.5 Å². The Morgan fingerprint density at radius 3 is 2.45 bits per heavy atom. The van der Waals surface area contributed by atoms with Crippen molar-refractivity contribution in [2.24, 2.45) is 0 Å². The predicted molar refractivity (Wildman–Crippen MR) is 103 cm³/mol. The summed E-state index contributed by atoms with van der Waals surface area (Å²) in [6.45, 7) is 6.20. The number of halogens is 1. The SMILES string of the molecule is C=C(I)C/C=C\C=C/CC/C=C/CN(C)C(=O)/C=C(/C)OC. The number of amides is 1. The van der Waals surface area contributed by atoms with Gasteiger partial charge in [0.2, 0.25) is 5.91 Å². The smallest absolute Gasteiger partial charge is 0.249 e. The number of likely N-dealkylation sites (N-methyl/N-ethyl adjacent to an activating group) is 1. The van der Waals surface area contributed by atoms with Crippen LogP contribution in [0.2, 0.25) is 0 Å². The molecule has 0 radical (unpaired) electrons. The summed E-state index contributed by atoms with van der Waals surface area (Å²) in [5, 5.41) is 0. The zero-order valence-electron chi connectivity index (χ0n) is 13.7. The Labute approximate surface area is 148 Å². The molecule has 0 atom stereocenters. The van der Waals surface area contributed by atoms with Crippen LogP contribution >= 0.6 is 22.6 Å². The summed E-state index contributed by atoms with van der Waals surface area (Å²) < 4.78 is 6.10. The molecule has 0 aromatic rings. The van der Waals surface area contributed by atoms with Crippen molar-refractivity contribution in [1.82, 2.24) is 4.90 Å². The average Bonchev–Trinajstić information content (AvgIpc) is 2.48. The molecule has 0 spiro atoms. The Morgan fingerprint density at radius 2 is 1.82 bits per heavy atom. The summed E-state index contributed by atoms with van der Waals surface area (Å²) >= 11 is 2.23. The molecule has 0 aliphatic rings. The summed E-state index contributed by atoms with van der Waals surface area (Å²) in [7, 11) is 3.33. The monoisotopic (exact) mass is 415 g/mol. The van der Waals surface area contributed by atoms with E-state index in [0.717, 1.165) is 22.8 Å². The average molecular weight is 415 g/mol. The molecule has 0 rings (SSSR count). The van der Waals surface area contributed by atoms with E-state index in [4.69, 9.17) is 4.74 Å². The summed E-state index contributed by atoms with van der Waals surface area (Å²) in [4.78, 5) is 13.4. The van der Waals surface area contributed by atoms with Crippen LogP contribution in [-0.2, 0) is 9.53 Å². The fourth-order valence-corrected chi connectivity index (χ4v) is 1.68. The number of methoxy groups -OCH3 is 1. The third-order valence-corrected chi connectivity index (χ3v) is 3.23. The van der Waals surface area contributed by atoms with Gasteiger partial charge >= 0.3 is 0 Å². The Balaban J connectivity index is 3.87. The minimum Gasteiger partial charge on any atom is -0.501 e. The van der Waals surface area contributed by atoms with Gasteiger partial charge in [0.25, 0.3) is 0 Å². The van der Waals surface area contributed by atoms with Crippen LogP contribution < -0.4 is 0 Å². The normalized spacial score (nSPS) is 12.5. The molecule has 0 unspecified atom stereocenters. The largest absolute Gasteiger partial charge is 0.501 e. The van der Waals surface area contributed by atoms with Crippen molar-refractivity contribution >= 4 is 28.5 Å². The van der Waals surface area contributed by atoms with E-state index >= 15 is 0 Å². The molecule has 3 nitrogen and oxygen atoms in total. The minimum absolute atomic E-state index is 0.0501. The third-order valence-electron chi connectivity index (χ3n) is 2.79. The third kappa shape index (κ3) is 12.4. The molecule has 0 aliphatic carbocycles. The number of carbonyl (C=O) groups is 1. The van der Waals surface area contributed by atoms with E-state index in [9.17, 15) is 4.79 Å². The van der Waals surface area contributed by atoms with Crippen molar-refractivity contribution < 1.29 is 9.53 Å². The number of unbranched alkanes of at least 4 members (excludes halogenated alkanes) is 1. The zero-order valence-corrected chi connectivity index (χ0v) is 15.9. The van der Waals surface area contributed by atoms with Crippen LogP contribution in [0.15, 0.2) is 58.5 Å². The first-order valence-corrected chi connectivity index (χ1v) is 8.32. The molecule has 0 aliphatic heterocycles. The zero-order chi connectivity index (χ0) is 16.8. The molecule has 122 valence electrons. The molecule has 0 saturated carbocycles. The lowest BCUT2D eigenvalue weighted by Crippen LogP contribution is -2.25. The number of hydrogen-bond acceptors (Lipinski definition) is 2. The number of nitrogens with zero attached hydrogens (tertiary/aromatic N) is 1. The van der Waals surface area contributed by atoms with Gasteiger partial charge in [0.1, 0.15) is 0 Å². The molecule has 0 saturated heterocycles. The van der Waals surface area contributed by atoms with Gasteiger partial charge in [0.15, 0.2) is 0 Å². The van der Waals surface area contributed by atoms with Gasteiger partial charge in [-0.05, 0) is 52.4 Å². The topological polar surface area (TPSA) is 29.5 Å². The van der Waals surface area contributed by atoms with Crippen LogP contribution in [0.5, 0.6) is 0 Å². The van der Waals surface area contributed by atoms with Crippen LogP contribution in [0.4, 0.5) is 0 Å². The second-order valence-corrected chi connectivity index (χ2v) is 6.33. The number of carbonyl (C=O) groups excluding carboxylic acids is 1. The molecule has 4 heteroatoms. The van der Waals surface area contributed by atoms with Crippen molar-refractivity contribution in [3.8, 4) is 0 Å². The van der Waals surface area contributed by atoms with E-state index < -0.39 is 0 Å². The molecule has 0 N–H and O–H groups in total. The summed E-state index contributed by atoms with van der Waals surface area (Å²) in [6.07, 6.45) is 16.8. The first kappa shape index (κ1) is 20.7. The Morgan fingerprint density at radius 1 is 1.18 bits per heavy atom. The Hall–Kier alpha value is -1.30. The highest BCUT2D eigenvalue weighted by molar-refractivity contribution is 14.1. The quantitative estimate of drug-likeness (QED) is 0.128. The highest BCUT2D eigenvalue weighted by Gasteiger charge is 2.03. The van der Waals surface area contributed by atoms with E-state index in [1.165, 1.54) is 6.08 Å². The van der Waals surface area contributed by atoms with Gasteiger partial charge in [0.05, 0.1) is 12.9 Å². The fourth-order valence-electron chi connectivity index (χ4n) is 1.43. The number of ether oxygens (including phenoxy) is 1. The second kappa shape index (κ2) is 13.4. The maximum Gasteiger partial charge on any atom is 0.249 e. The molecule has 0 bridgehead atoms. The summed E-state index contributed by atoms with van der Waals surface area (Å²) in [6, 6.07) is 0. The lowest BCUT2D eigenvalue weighted by atomic mass is 10.2. The van der Waals surface area contributed by atoms with Crippen molar-refractivity contribution in [3.63, 3.8) is 0 Å². The van der Waals surface area contributed by atoms with E-state index in [1.54, 1.807) is 26.0 Å². The first-order chi connectivity index (χ1) is 10.5. The van der Waals surface area contributed by atoms with Crippen molar-refractivity contribution in [3.05, 3.63) is 58.5 Å². The lowest BCUT2D eigenvalue weighted by molar-refractivity contribution is -0.124. The standard InChI is InChI=1S/C18H26INO2/c1-16(19)13-11-9-7-5-6-8-10-12-14-20(3)18(21)15-17(2)22-4/h5,7,9-12,15H,1,6,8,13-14H2,2-4H3/b7-5-,11-9-,12-10+,17-15-. The lowest BCUT2D eigenvalue weighted by Gasteiger charge is -2.12. The minimum atomic E-state index is -0.0501. The molecule has 0 aromatic carbocycles. The van der Waals surface area contributed by atoms with Crippen LogP contribution in [0, 0.1) is 0 Å². The number of rotatable bonds is 10. The molecule has 1 amide bonds. The summed E-state index contributed by atoms with van der Waals surface area (Å²) in [5.41, 5.74) is 0. The van der Waals surface area contributed by atoms with Gasteiger partial charge < -0.3 is 9.64 Å². The molecular weight excluding hydrogens is 389 g/mol.